The third kappa shape index (κ3) is 3.58. The van der Waals surface area contributed by atoms with Crippen LogP contribution in [0.4, 0.5) is 4.79 Å². The molecule has 146 valence electrons. The van der Waals surface area contributed by atoms with E-state index in [4.69, 9.17) is 4.52 Å². The van der Waals surface area contributed by atoms with E-state index in [1.807, 2.05) is 30.5 Å². The molecule has 0 spiro atoms. The first kappa shape index (κ1) is 19.1. The highest BCUT2D eigenvalue weighted by Gasteiger charge is 2.46. The molecule has 2 aliphatic rings. The van der Waals surface area contributed by atoms with E-state index >= 15 is 0 Å². The van der Waals surface area contributed by atoms with Crippen LogP contribution in [-0.4, -0.2) is 50.1 Å². The number of imide groups is 1. The summed E-state index contributed by atoms with van der Waals surface area (Å²) >= 11 is 1.65. The minimum atomic E-state index is -0.515. The van der Waals surface area contributed by atoms with Gasteiger partial charge in [-0.25, -0.2) is 4.79 Å². The largest absolute Gasteiger partial charge is 0.501 e. The van der Waals surface area contributed by atoms with E-state index in [1.54, 1.807) is 36.1 Å². The number of carbonyl (C=O) groups is 2. The lowest BCUT2D eigenvalue weighted by Crippen LogP contribution is -2.54. The van der Waals surface area contributed by atoms with Crippen molar-refractivity contribution in [3.63, 3.8) is 0 Å². The number of aromatic nitrogens is 2. The SMILES string of the molecule is C=CCN1C(=O)C2C=CC=CC2=[N+](Cc2nc(-c3ccc(SC)cc3)no2)C1=O. The molecule has 2 aromatic rings. The number of hydrogen-bond donors (Lipinski definition) is 0. The second kappa shape index (κ2) is 8.00. The Hall–Kier alpha value is -3.26. The third-order valence-electron chi connectivity index (χ3n) is 4.73. The Morgan fingerprint density at radius 1 is 1.28 bits per heavy atom. The maximum atomic E-state index is 12.9. The van der Waals surface area contributed by atoms with Crippen LogP contribution in [0.5, 0.6) is 0 Å². The van der Waals surface area contributed by atoms with Gasteiger partial charge < -0.3 is 4.52 Å². The van der Waals surface area contributed by atoms with E-state index in [2.05, 4.69) is 16.7 Å². The first-order valence-electron chi connectivity index (χ1n) is 9.05. The van der Waals surface area contributed by atoms with Crippen molar-refractivity contribution in [1.82, 2.24) is 15.0 Å². The third-order valence-corrected chi connectivity index (χ3v) is 5.47. The molecule has 0 bridgehead atoms. The topological polar surface area (TPSA) is 79.3 Å². The zero-order chi connectivity index (χ0) is 20.4. The number of nitrogens with zero attached hydrogens (tertiary/aromatic N) is 4. The Morgan fingerprint density at radius 3 is 2.79 bits per heavy atom. The molecule has 1 aromatic carbocycles. The zero-order valence-electron chi connectivity index (χ0n) is 15.8. The fraction of sp³-hybridized carbons (Fsp3) is 0.190. The number of hydrogen-bond acceptors (Lipinski definition) is 6. The molecule has 0 saturated carbocycles. The molecular weight excluding hydrogens is 388 g/mol. The lowest BCUT2D eigenvalue weighted by atomic mass is 9.94. The first-order chi connectivity index (χ1) is 14.1. The fourth-order valence-corrected chi connectivity index (χ4v) is 3.69. The highest BCUT2D eigenvalue weighted by atomic mass is 32.2. The number of amides is 3. The van der Waals surface area contributed by atoms with Gasteiger partial charge in [-0.05, 0) is 36.6 Å². The number of fused-ring (bicyclic) bond motifs is 1. The van der Waals surface area contributed by atoms with E-state index < -0.39 is 11.9 Å². The molecule has 1 unspecified atom stereocenters. The Morgan fingerprint density at radius 2 is 2.07 bits per heavy atom. The zero-order valence-corrected chi connectivity index (χ0v) is 16.6. The molecule has 0 saturated heterocycles. The van der Waals surface area contributed by atoms with Crippen LogP contribution in [0.15, 0.2) is 70.6 Å². The summed E-state index contributed by atoms with van der Waals surface area (Å²) in [6, 6.07) is 7.41. The van der Waals surface area contributed by atoms with Crippen molar-refractivity contribution in [1.29, 1.82) is 0 Å². The minimum Gasteiger partial charge on any atom is -0.335 e. The van der Waals surface area contributed by atoms with E-state index in [0.717, 1.165) is 10.5 Å². The molecule has 1 aromatic heterocycles. The Kier molecular flexibility index (Phi) is 5.26. The van der Waals surface area contributed by atoms with Crippen LogP contribution in [-0.2, 0) is 11.3 Å². The summed E-state index contributed by atoms with van der Waals surface area (Å²) in [6.45, 7) is 3.87. The summed E-state index contributed by atoms with van der Waals surface area (Å²) in [6.07, 6.45) is 10.7. The van der Waals surface area contributed by atoms with Gasteiger partial charge >= 0.3 is 11.9 Å². The summed E-state index contributed by atoms with van der Waals surface area (Å²) in [5.74, 6) is -0.0258. The Bertz CT molecular complexity index is 1070. The normalized spacial score (nSPS) is 18.4. The van der Waals surface area contributed by atoms with Crippen LogP contribution in [0.3, 0.4) is 0 Å². The van der Waals surface area contributed by atoms with Crippen LogP contribution in [0.2, 0.25) is 0 Å². The van der Waals surface area contributed by atoms with Crippen molar-refractivity contribution in [3.05, 3.63) is 67.1 Å². The van der Waals surface area contributed by atoms with Crippen LogP contribution < -0.4 is 0 Å². The molecule has 29 heavy (non-hydrogen) atoms. The van der Waals surface area contributed by atoms with Gasteiger partial charge in [-0.2, -0.15) is 19.3 Å². The predicted molar refractivity (Wildman–Crippen MR) is 110 cm³/mol. The molecular formula is C21H19N4O3S+. The summed E-state index contributed by atoms with van der Waals surface area (Å²) in [4.78, 5) is 32.4. The van der Waals surface area contributed by atoms with Gasteiger partial charge in [0.25, 0.3) is 5.89 Å². The summed E-state index contributed by atoms with van der Waals surface area (Å²) < 4.78 is 6.89. The van der Waals surface area contributed by atoms with Crippen molar-refractivity contribution >= 4 is 29.4 Å². The minimum absolute atomic E-state index is 0.0830. The molecule has 4 rings (SSSR count). The lowest BCUT2D eigenvalue weighted by Gasteiger charge is -2.25. The van der Waals surface area contributed by atoms with Crippen molar-refractivity contribution in [2.45, 2.75) is 11.4 Å². The first-order valence-corrected chi connectivity index (χ1v) is 10.3. The molecule has 0 radical (unpaired) electrons. The van der Waals surface area contributed by atoms with Crippen molar-refractivity contribution in [2.24, 2.45) is 5.92 Å². The molecule has 3 amide bonds. The number of benzene rings is 1. The number of rotatable bonds is 6. The van der Waals surface area contributed by atoms with Gasteiger partial charge in [0.15, 0.2) is 6.54 Å². The summed E-state index contributed by atoms with van der Waals surface area (Å²) in [5.41, 5.74) is 1.43. The molecule has 1 atom stereocenters. The molecule has 7 nitrogen and oxygen atoms in total. The maximum Gasteiger partial charge on any atom is 0.501 e. The smallest absolute Gasteiger partial charge is 0.335 e. The second-order valence-electron chi connectivity index (χ2n) is 6.49. The monoisotopic (exact) mass is 407 g/mol. The number of allylic oxidation sites excluding steroid dienone is 3. The average molecular weight is 407 g/mol. The maximum absolute atomic E-state index is 12.9. The summed E-state index contributed by atoms with van der Waals surface area (Å²) in [7, 11) is 0. The van der Waals surface area contributed by atoms with Gasteiger partial charge in [0.2, 0.25) is 5.82 Å². The predicted octanol–water partition coefficient (Wildman–Crippen LogP) is 3.30. The van der Waals surface area contributed by atoms with Crippen LogP contribution in [0.25, 0.3) is 11.4 Å². The molecule has 2 heterocycles. The lowest BCUT2D eigenvalue weighted by molar-refractivity contribution is -0.459. The van der Waals surface area contributed by atoms with Crippen LogP contribution in [0.1, 0.15) is 5.89 Å². The van der Waals surface area contributed by atoms with E-state index in [0.29, 0.717) is 17.4 Å². The summed E-state index contributed by atoms with van der Waals surface area (Å²) in [5, 5.41) is 4.04. The van der Waals surface area contributed by atoms with Crippen molar-refractivity contribution < 1.29 is 18.7 Å². The van der Waals surface area contributed by atoms with Crippen LogP contribution in [0, 0.1) is 5.92 Å². The van der Waals surface area contributed by atoms with Crippen LogP contribution >= 0.6 is 11.8 Å². The van der Waals surface area contributed by atoms with Gasteiger partial charge in [0.1, 0.15) is 18.2 Å². The second-order valence-corrected chi connectivity index (χ2v) is 7.37. The fourth-order valence-electron chi connectivity index (χ4n) is 3.28. The van der Waals surface area contributed by atoms with Gasteiger partial charge in [-0.1, -0.05) is 36.0 Å². The van der Waals surface area contributed by atoms with E-state index in [1.165, 1.54) is 15.6 Å². The van der Waals surface area contributed by atoms with E-state index in [-0.39, 0.29) is 19.0 Å². The molecule has 1 aliphatic heterocycles. The van der Waals surface area contributed by atoms with Gasteiger partial charge in [0, 0.05) is 10.5 Å². The van der Waals surface area contributed by atoms with Gasteiger partial charge in [-0.15, -0.1) is 11.8 Å². The molecule has 0 N–H and O–H groups in total. The highest BCUT2D eigenvalue weighted by Crippen LogP contribution is 2.23. The van der Waals surface area contributed by atoms with Crippen molar-refractivity contribution in [2.75, 3.05) is 12.8 Å². The number of thioether (sulfide) groups is 1. The standard InChI is InChI=1S/C21H19N4O3S/c1-3-12-24-20(26)16-6-4-5-7-17(16)25(21(24)27)13-18-22-19(23-28-18)14-8-10-15(29-2)11-9-14/h3-11,16H,1,12-13H2,2H3/q+1. The van der Waals surface area contributed by atoms with Gasteiger partial charge in [0.05, 0.1) is 0 Å². The number of carbonyl (C=O) groups excluding carboxylic acids is 2. The quantitative estimate of drug-likeness (QED) is 0.415. The number of urea groups is 1. The average Bonchev–Trinajstić information content (AvgIpc) is 3.23. The van der Waals surface area contributed by atoms with E-state index in [9.17, 15) is 9.59 Å². The van der Waals surface area contributed by atoms with Gasteiger partial charge in [-0.3, -0.25) is 0 Å². The molecule has 1 aliphatic carbocycles. The highest BCUT2D eigenvalue weighted by molar-refractivity contribution is 7.98. The Balaban J connectivity index is 1.65. The molecule has 8 heteroatoms. The molecule has 0 fully saturated rings. The van der Waals surface area contributed by atoms with Crippen molar-refractivity contribution in [3.8, 4) is 11.4 Å². The Labute approximate surface area is 172 Å².